The highest BCUT2D eigenvalue weighted by Crippen LogP contribution is 2.23. The fraction of sp³-hybridized carbons (Fsp3) is 0.533. The number of hydrogen-bond acceptors (Lipinski definition) is 4. The summed E-state index contributed by atoms with van der Waals surface area (Å²) in [6.45, 7) is 9.01. The largest absolute Gasteiger partial charge is 0.397 e. The van der Waals surface area contributed by atoms with Crippen molar-refractivity contribution < 1.29 is 4.79 Å². The minimum atomic E-state index is -0.168. The number of anilines is 2. The lowest BCUT2D eigenvalue weighted by Crippen LogP contribution is -2.52. The Balaban J connectivity index is 1.93. The van der Waals surface area contributed by atoms with Crippen molar-refractivity contribution >= 4 is 28.9 Å². The van der Waals surface area contributed by atoms with Crippen LogP contribution in [0.1, 0.15) is 13.8 Å². The Bertz CT molecular complexity index is 500. The molecule has 1 fully saturated rings. The average molecular weight is 311 g/mol. The lowest BCUT2D eigenvalue weighted by atomic mass is 10.2. The molecule has 1 aromatic carbocycles. The van der Waals surface area contributed by atoms with E-state index in [4.69, 9.17) is 17.3 Å². The number of carbonyl (C=O) groups excluding carboxylic acids is 1. The smallest absolute Gasteiger partial charge is 0.241 e. The number of nitrogens with zero attached hydrogens (tertiary/aromatic N) is 2. The van der Waals surface area contributed by atoms with Crippen molar-refractivity contribution in [1.82, 2.24) is 9.80 Å². The van der Waals surface area contributed by atoms with E-state index in [1.165, 1.54) is 0 Å². The molecule has 5 nitrogen and oxygen atoms in total. The summed E-state index contributed by atoms with van der Waals surface area (Å²) in [5.41, 5.74) is 6.96. The zero-order valence-corrected chi connectivity index (χ0v) is 13.4. The first-order chi connectivity index (χ1) is 10.0. The number of halogens is 1. The van der Waals surface area contributed by atoms with Crippen molar-refractivity contribution in [1.29, 1.82) is 0 Å². The van der Waals surface area contributed by atoms with Gasteiger partial charge in [-0.1, -0.05) is 18.5 Å². The second-order valence-corrected chi connectivity index (χ2v) is 5.80. The maximum atomic E-state index is 12.3. The molecule has 1 amide bonds. The van der Waals surface area contributed by atoms with Gasteiger partial charge in [-0.05, 0) is 31.7 Å². The van der Waals surface area contributed by atoms with Gasteiger partial charge in [-0.3, -0.25) is 9.69 Å². The summed E-state index contributed by atoms with van der Waals surface area (Å²) in [6, 6.07) is 4.93. The molecule has 1 heterocycles. The fourth-order valence-corrected chi connectivity index (χ4v) is 2.70. The summed E-state index contributed by atoms with van der Waals surface area (Å²) >= 11 is 5.86. The van der Waals surface area contributed by atoms with E-state index in [0.29, 0.717) is 16.4 Å². The molecule has 2 rings (SSSR count). The number of carbonyl (C=O) groups is 1. The van der Waals surface area contributed by atoms with Crippen LogP contribution in [0.3, 0.4) is 0 Å². The molecule has 1 aromatic rings. The van der Waals surface area contributed by atoms with E-state index in [1.54, 1.807) is 18.2 Å². The minimum absolute atomic E-state index is 0.0334. The van der Waals surface area contributed by atoms with Crippen LogP contribution >= 0.6 is 11.6 Å². The van der Waals surface area contributed by atoms with E-state index in [9.17, 15) is 4.79 Å². The SMILES string of the molecule is CCN1CCN(C(C)C(=O)Nc2ccc(Cl)cc2N)CC1. The maximum Gasteiger partial charge on any atom is 0.241 e. The number of rotatable bonds is 4. The molecule has 1 saturated heterocycles. The highest BCUT2D eigenvalue weighted by atomic mass is 35.5. The van der Waals surface area contributed by atoms with Gasteiger partial charge in [0.05, 0.1) is 17.4 Å². The topological polar surface area (TPSA) is 61.6 Å². The molecule has 6 heteroatoms. The van der Waals surface area contributed by atoms with E-state index < -0.39 is 0 Å². The molecule has 21 heavy (non-hydrogen) atoms. The third-order valence-corrected chi connectivity index (χ3v) is 4.29. The first kappa shape index (κ1) is 16.1. The molecular weight excluding hydrogens is 288 g/mol. The van der Waals surface area contributed by atoms with Gasteiger partial charge in [-0.15, -0.1) is 0 Å². The van der Waals surface area contributed by atoms with Crippen LogP contribution in [0.2, 0.25) is 5.02 Å². The van der Waals surface area contributed by atoms with Crippen molar-refractivity contribution in [3.63, 3.8) is 0 Å². The molecule has 116 valence electrons. The number of hydrogen-bond donors (Lipinski definition) is 2. The molecular formula is C15H23ClN4O. The van der Waals surface area contributed by atoms with Gasteiger partial charge in [-0.2, -0.15) is 0 Å². The average Bonchev–Trinajstić information content (AvgIpc) is 2.49. The predicted octanol–water partition coefficient (Wildman–Crippen LogP) is 1.89. The molecule has 0 spiro atoms. The number of likely N-dealkylation sites (N-methyl/N-ethyl adjacent to an activating group) is 1. The number of nitrogens with two attached hydrogens (primary N) is 1. The fourth-order valence-electron chi connectivity index (χ4n) is 2.52. The Morgan fingerprint density at radius 3 is 2.62 bits per heavy atom. The van der Waals surface area contributed by atoms with Gasteiger partial charge in [-0.25, -0.2) is 0 Å². The van der Waals surface area contributed by atoms with Crippen LogP contribution in [-0.2, 0) is 4.79 Å². The summed E-state index contributed by atoms with van der Waals surface area (Å²) in [5.74, 6) is -0.0334. The van der Waals surface area contributed by atoms with Crippen LogP contribution in [0.4, 0.5) is 11.4 Å². The van der Waals surface area contributed by atoms with Crippen LogP contribution in [-0.4, -0.2) is 54.5 Å². The van der Waals surface area contributed by atoms with Gasteiger partial charge < -0.3 is 16.0 Å². The van der Waals surface area contributed by atoms with Crippen LogP contribution in [0.5, 0.6) is 0 Å². The molecule has 0 radical (unpaired) electrons. The lowest BCUT2D eigenvalue weighted by Gasteiger charge is -2.36. The Morgan fingerprint density at radius 2 is 2.05 bits per heavy atom. The van der Waals surface area contributed by atoms with E-state index in [0.717, 1.165) is 32.7 Å². The first-order valence-electron chi connectivity index (χ1n) is 7.33. The maximum absolute atomic E-state index is 12.3. The number of nitrogens with one attached hydrogen (secondary N) is 1. The number of amides is 1. The number of nitrogen functional groups attached to an aromatic ring is 1. The van der Waals surface area contributed by atoms with Crippen LogP contribution < -0.4 is 11.1 Å². The predicted molar refractivity (Wildman–Crippen MR) is 87.6 cm³/mol. The Hall–Kier alpha value is -1.30. The van der Waals surface area contributed by atoms with Gasteiger partial charge in [0.25, 0.3) is 0 Å². The standard InChI is InChI=1S/C15H23ClN4O/c1-3-19-6-8-20(9-7-19)11(2)15(21)18-14-5-4-12(16)10-13(14)17/h4-5,10-11H,3,6-9,17H2,1-2H3,(H,18,21). The molecule has 1 aliphatic rings. The minimum Gasteiger partial charge on any atom is -0.397 e. The van der Waals surface area contributed by atoms with Crippen LogP contribution in [0.15, 0.2) is 18.2 Å². The molecule has 3 N–H and O–H groups in total. The highest BCUT2D eigenvalue weighted by Gasteiger charge is 2.25. The molecule has 0 aromatic heterocycles. The van der Waals surface area contributed by atoms with Crippen LogP contribution in [0.25, 0.3) is 0 Å². The highest BCUT2D eigenvalue weighted by molar-refractivity contribution is 6.31. The van der Waals surface area contributed by atoms with Crippen molar-refractivity contribution in [3.8, 4) is 0 Å². The zero-order valence-electron chi connectivity index (χ0n) is 12.6. The summed E-state index contributed by atoms with van der Waals surface area (Å²) < 4.78 is 0. The second kappa shape index (κ2) is 7.11. The normalized spacial score (nSPS) is 18.4. The summed E-state index contributed by atoms with van der Waals surface area (Å²) in [5, 5.41) is 3.45. The number of piperazine rings is 1. The molecule has 1 unspecified atom stereocenters. The van der Waals surface area contributed by atoms with Gasteiger partial charge in [0.2, 0.25) is 5.91 Å². The van der Waals surface area contributed by atoms with E-state index in [1.807, 2.05) is 6.92 Å². The van der Waals surface area contributed by atoms with Crippen LogP contribution in [0, 0.1) is 0 Å². The summed E-state index contributed by atoms with van der Waals surface area (Å²) in [4.78, 5) is 16.9. The Labute approximate surface area is 131 Å². The molecule has 0 aliphatic carbocycles. The van der Waals surface area contributed by atoms with E-state index in [2.05, 4.69) is 22.0 Å². The monoisotopic (exact) mass is 310 g/mol. The zero-order chi connectivity index (χ0) is 15.4. The third-order valence-electron chi connectivity index (χ3n) is 4.05. The third kappa shape index (κ3) is 4.09. The summed E-state index contributed by atoms with van der Waals surface area (Å²) in [6.07, 6.45) is 0. The van der Waals surface area contributed by atoms with Gasteiger partial charge in [0.1, 0.15) is 0 Å². The second-order valence-electron chi connectivity index (χ2n) is 5.37. The first-order valence-corrected chi connectivity index (χ1v) is 7.71. The molecule has 1 atom stereocenters. The van der Waals surface area contributed by atoms with Gasteiger partial charge in [0, 0.05) is 31.2 Å². The van der Waals surface area contributed by atoms with Crippen molar-refractivity contribution in [2.24, 2.45) is 0 Å². The van der Waals surface area contributed by atoms with Crippen molar-refractivity contribution in [3.05, 3.63) is 23.2 Å². The van der Waals surface area contributed by atoms with Crippen molar-refractivity contribution in [2.75, 3.05) is 43.8 Å². The van der Waals surface area contributed by atoms with E-state index in [-0.39, 0.29) is 11.9 Å². The summed E-state index contributed by atoms with van der Waals surface area (Å²) in [7, 11) is 0. The Kier molecular flexibility index (Phi) is 5.45. The van der Waals surface area contributed by atoms with Gasteiger partial charge in [0.15, 0.2) is 0 Å². The van der Waals surface area contributed by atoms with Crippen molar-refractivity contribution in [2.45, 2.75) is 19.9 Å². The molecule has 1 aliphatic heterocycles. The molecule has 0 saturated carbocycles. The molecule has 0 bridgehead atoms. The Morgan fingerprint density at radius 1 is 1.38 bits per heavy atom. The lowest BCUT2D eigenvalue weighted by molar-refractivity contribution is -0.121. The van der Waals surface area contributed by atoms with Gasteiger partial charge >= 0.3 is 0 Å². The number of benzene rings is 1. The van der Waals surface area contributed by atoms with E-state index >= 15 is 0 Å². The quantitative estimate of drug-likeness (QED) is 0.834.